The Hall–Kier alpha value is -2.43. The SMILES string of the molecule is COc1cc(C(=O)c2cc(O)cc(F)c2)ccc1F. The van der Waals surface area contributed by atoms with Crippen molar-refractivity contribution in [2.45, 2.75) is 0 Å². The summed E-state index contributed by atoms with van der Waals surface area (Å²) >= 11 is 0. The van der Waals surface area contributed by atoms with Crippen LogP contribution in [0.25, 0.3) is 0 Å². The second kappa shape index (κ2) is 5.06. The number of aromatic hydroxyl groups is 1. The topological polar surface area (TPSA) is 46.5 Å². The molecule has 19 heavy (non-hydrogen) atoms. The fraction of sp³-hybridized carbons (Fsp3) is 0.0714. The van der Waals surface area contributed by atoms with Crippen LogP contribution in [0, 0.1) is 11.6 Å². The molecule has 0 atom stereocenters. The molecule has 0 aromatic heterocycles. The summed E-state index contributed by atoms with van der Waals surface area (Å²) in [5.41, 5.74) is 0.120. The van der Waals surface area contributed by atoms with E-state index < -0.39 is 17.4 Å². The van der Waals surface area contributed by atoms with Crippen molar-refractivity contribution < 1.29 is 23.4 Å². The van der Waals surface area contributed by atoms with Crippen molar-refractivity contribution in [3.05, 3.63) is 59.2 Å². The van der Waals surface area contributed by atoms with Gasteiger partial charge >= 0.3 is 0 Å². The summed E-state index contributed by atoms with van der Waals surface area (Å²) in [6.45, 7) is 0. The van der Waals surface area contributed by atoms with Crippen LogP contribution in [-0.2, 0) is 0 Å². The first kappa shape index (κ1) is 13.0. The van der Waals surface area contributed by atoms with E-state index in [4.69, 9.17) is 4.74 Å². The number of ether oxygens (including phenoxy) is 1. The van der Waals surface area contributed by atoms with Gasteiger partial charge in [-0.1, -0.05) is 0 Å². The quantitative estimate of drug-likeness (QED) is 0.867. The molecule has 0 aliphatic heterocycles. The van der Waals surface area contributed by atoms with Gasteiger partial charge in [0, 0.05) is 17.2 Å². The molecular weight excluding hydrogens is 254 g/mol. The van der Waals surface area contributed by atoms with Gasteiger partial charge in [0.15, 0.2) is 17.3 Å². The number of benzene rings is 2. The molecule has 0 aliphatic carbocycles. The Balaban J connectivity index is 2.43. The van der Waals surface area contributed by atoms with Crippen LogP contribution < -0.4 is 4.74 Å². The third-order valence-corrected chi connectivity index (χ3v) is 2.56. The van der Waals surface area contributed by atoms with E-state index in [9.17, 15) is 18.7 Å². The van der Waals surface area contributed by atoms with Gasteiger partial charge in [0.1, 0.15) is 11.6 Å². The molecule has 0 amide bonds. The number of phenolic OH excluding ortho intramolecular Hbond substituents is 1. The molecule has 5 heteroatoms. The molecule has 0 fully saturated rings. The second-order valence-electron chi connectivity index (χ2n) is 3.88. The van der Waals surface area contributed by atoms with E-state index in [-0.39, 0.29) is 22.6 Å². The monoisotopic (exact) mass is 264 g/mol. The molecular formula is C14H10F2O3. The molecule has 0 heterocycles. The third kappa shape index (κ3) is 2.70. The Morgan fingerprint density at radius 1 is 1.11 bits per heavy atom. The number of carbonyl (C=O) groups is 1. The highest BCUT2D eigenvalue weighted by atomic mass is 19.1. The maximum absolute atomic E-state index is 13.2. The molecule has 0 unspecified atom stereocenters. The van der Waals surface area contributed by atoms with Gasteiger partial charge in [-0.05, 0) is 30.3 Å². The summed E-state index contributed by atoms with van der Waals surface area (Å²) in [6.07, 6.45) is 0. The van der Waals surface area contributed by atoms with Gasteiger partial charge in [-0.3, -0.25) is 4.79 Å². The number of hydrogen-bond acceptors (Lipinski definition) is 3. The number of hydrogen-bond donors (Lipinski definition) is 1. The zero-order valence-electron chi connectivity index (χ0n) is 9.98. The van der Waals surface area contributed by atoms with Crippen LogP contribution in [0.5, 0.6) is 11.5 Å². The van der Waals surface area contributed by atoms with Crippen molar-refractivity contribution in [1.82, 2.24) is 0 Å². The summed E-state index contributed by atoms with van der Waals surface area (Å²) in [7, 11) is 1.28. The number of methoxy groups -OCH3 is 1. The van der Waals surface area contributed by atoms with E-state index >= 15 is 0 Å². The first-order chi connectivity index (χ1) is 9.01. The minimum atomic E-state index is -0.725. The summed E-state index contributed by atoms with van der Waals surface area (Å²) in [6, 6.07) is 6.61. The van der Waals surface area contributed by atoms with Crippen molar-refractivity contribution in [3.63, 3.8) is 0 Å². The van der Waals surface area contributed by atoms with Crippen molar-refractivity contribution in [2.24, 2.45) is 0 Å². The molecule has 0 saturated heterocycles. The summed E-state index contributed by atoms with van der Waals surface area (Å²) in [5.74, 6) is -2.28. The first-order valence-corrected chi connectivity index (χ1v) is 5.39. The lowest BCUT2D eigenvalue weighted by Gasteiger charge is -2.06. The van der Waals surface area contributed by atoms with Gasteiger partial charge < -0.3 is 9.84 Å². The molecule has 0 aliphatic rings. The minimum absolute atomic E-state index is 0.0221. The fourth-order valence-electron chi connectivity index (χ4n) is 1.67. The van der Waals surface area contributed by atoms with Crippen molar-refractivity contribution in [1.29, 1.82) is 0 Å². The average molecular weight is 264 g/mol. The highest BCUT2D eigenvalue weighted by molar-refractivity contribution is 6.09. The molecule has 0 bridgehead atoms. The number of carbonyl (C=O) groups excluding carboxylic acids is 1. The van der Waals surface area contributed by atoms with Gasteiger partial charge in [0.25, 0.3) is 0 Å². The Morgan fingerprint density at radius 2 is 1.84 bits per heavy atom. The van der Waals surface area contributed by atoms with E-state index in [1.807, 2.05) is 0 Å². The molecule has 1 N–H and O–H groups in total. The Labute approximate surface area is 108 Å². The maximum atomic E-state index is 13.2. The molecule has 0 spiro atoms. The largest absolute Gasteiger partial charge is 0.508 e. The van der Waals surface area contributed by atoms with Crippen LogP contribution in [0.4, 0.5) is 8.78 Å². The molecule has 2 aromatic carbocycles. The van der Waals surface area contributed by atoms with Crippen LogP contribution in [0.2, 0.25) is 0 Å². The molecule has 3 nitrogen and oxygen atoms in total. The number of ketones is 1. The standard InChI is InChI=1S/C14H10F2O3/c1-19-13-6-8(2-3-12(13)16)14(18)9-4-10(15)7-11(17)5-9/h2-7,17H,1H3. The minimum Gasteiger partial charge on any atom is -0.508 e. The predicted molar refractivity (Wildman–Crippen MR) is 64.4 cm³/mol. The molecule has 2 aromatic rings. The van der Waals surface area contributed by atoms with Crippen LogP contribution in [-0.4, -0.2) is 18.0 Å². The van der Waals surface area contributed by atoms with Crippen LogP contribution in [0.1, 0.15) is 15.9 Å². The van der Waals surface area contributed by atoms with Crippen LogP contribution in [0.15, 0.2) is 36.4 Å². The van der Waals surface area contributed by atoms with E-state index in [0.29, 0.717) is 0 Å². The van der Waals surface area contributed by atoms with Gasteiger partial charge in [0.2, 0.25) is 0 Å². The van der Waals surface area contributed by atoms with Crippen LogP contribution in [0.3, 0.4) is 0 Å². The number of phenols is 1. The van der Waals surface area contributed by atoms with E-state index in [0.717, 1.165) is 24.3 Å². The lowest BCUT2D eigenvalue weighted by atomic mass is 10.0. The predicted octanol–water partition coefficient (Wildman–Crippen LogP) is 2.91. The average Bonchev–Trinajstić information content (AvgIpc) is 2.37. The summed E-state index contributed by atoms with van der Waals surface area (Å²) in [5, 5.41) is 9.26. The van der Waals surface area contributed by atoms with Gasteiger partial charge in [-0.25, -0.2) is 8.78 Å². The van der Waals surface area contributed by atoms with Gasteiger partial charge in [0.05, 0.1) is 7.11 Å². The highest BCUT2D eigenvalue weighted by Crippen LogP contribution is 2.22. The summed E-state index contributed by atoms with van der Waals surface area (Å²) in [4.78, 5) is 12.1. The van der Waals surface area contributed by atoms with Crippen LogP contribution >= 0.6 is 0 Å². The van der Waals surface area contributed by atoms with E-state index in [2.05, 4.69) is 0 Å². The number of rotatable bonds is 3. The maximum Gasteiger partial charge on any atom is 0.193 e. The van der Waals surface area contributed by atoms with E-state index in [1.54, 1.807) is 0 Å². The first-order valence-electron chi connectivity index (χ1n) is 5.39. The molecule has 0 saturated carbocycles. The third-order valence-electron chi connectivity index (χ3n) is 2.56. The molecule has 0 radical (unpaired) electrons. The zero-order valence-corrected chi connectivity index (χ0v) is 9.98. The normalized spacial score (nSPS) is 10.3. The van der Waals surface area contributed by atoms with Gasteiger partial charge in [-0.2, -0.15) is 0 Å². The Bertz CT molecular complexity index is 618. The second-order valence-corrected chi connectivity index (χ2v) is 3.88. The van der Waals surface area contributed by atoms with Gasteiger partial charge in [-0.15, -0.1) is 0 Å². The van der Waals surface area contributed by atoms with Crippen molar-refractivity contribution >= 4 is 5.78 Å². The molecule has 98 valence electrons. The number of halogens is 2. The lowest BCUT2D eigenvalue weighted by Crippen LogP contribution is -2.03. The van der Waals surface area contributed by atoms with E-state index in [1.165, 1.54) is 19.2 Å². The zero-order chi connectivity index (χ0) is 14.0. The van der Waals surface area contributed by atoms with Crippen molar-refractivity contribution in [3.8, 4) is 11.5 Å². The highest BCUT2D eigenvalue weighted by Gasteiger charge is 2.14. The fourth-order valence-corrected chi connectivity index (χ4v) is 1.67. The lowest BCUT2D eigenvalue weighted by molar-refractivity contribution is 0.103. The smallest absolute Gasteiger partial charge is 0.193 e. The Morgan fingerprint density at radius 3 is 2.47 bits per heavy atom. The molecule has 2 rings (SSSR count). The van der Waals surface area contributed by atoms with Crippen molar-refractivity contribution in [2.75, 3.05) is 7.11 Å². The Kier molecular flexibility index (Phi) is 3.46. The summed E-state index contributed by atoms with van der Waals surface area (Å²) < 4.78 is 31.1.